The van der Waals surface area contributed by atoms with Crippen molar-refractivity contribution in [1.82, 2.24) is 15.2 Å². The zero-order chi connectivity index (χ0) is 23.7. The van der Waals surface area contributed by atoms with E-state index in [0.29, 0.717) is 42.3 Å². The van der Waals surface area contributed by atoms with E-state index in [2.05, 4.69) is 10.3 Å². The largest absolute Gasteiger partial charge is 0.464 e. The number of benzene rings is 1. The Kier molecular flexibility index (Phi) is 6.12. The lowest BCUT2D eigenvalue weighted by Gasteiger charge is -2.35. The number of morpholine rings is 1. The molecule has 2 amide bonds. The second-order valence-corrected chi connectivity index (χ2v) is 8.95. The maximum Gasteiger partial charge on any atom is 0.283 e. The molecular formula is C25H22FN3O4S. The van der Waals surface area contributed by atoms with Crippen molar-refractivity contribution in [1.29, 1.82) is 0 Å². The number of hydrogen-bond donors (Lipinski definition) is 1. The quantitative estimate of drug-likeness (QED) is 0.463. The van der Waals surface area contributed by atoms with Crippen LogP contribution in [0.15, 0.2) is 58.5 Å². The Morgan fingerprint density at radius 1 is 1.24 bits per heavy atom. The average molecular weight is 480 g/mol. The summed E-state index contributed by atoms with van der Waals surface area (Å²) in [7, 11) is 0. The van der Waals surface area contributed by atoms with E-state index in [1.54, 1.807) is 40.8 Å². The molecule has 34 heavy (non-hydrogen) atoms. The molecule has 9 heteroatoms. The van der Waals surface area contributed by atoms with Crippen molar-refractivity contribution in [2.75, 3.05) is 26.3 Å². The second kappa shape index (κ2) is 9.36. The molecule has 0 bridgehead atoms. The zero-order valence-corrected chi connectivity index (χ0v) is 19.2. The van der Waals surface area contributed by atoms with Gasteiger partial charge in [0.2, 0.25) is 0 Å². The molecule has 5 rings (SSSR count). The van der Waals surface area contributed by atoms with Gasteiger partial charge in [0, 0.05) is 29.6 Å². The Morgan fingerprint density at radius 2 is 2.12 bits per heavy atom. The zero-order valence-electron chi connectivity index (χ0n) is 18.4. The fourth-order valence-electron chi connectivity index (χ4n) is 4.04. The predicted octanol–water partition coefficient (Wildman–Crippen LogP) is 4.23. The van der Waals surface area contributed by atoms with Gasteiger partial charge in [0.05, 0.1) is 36.8 Å². The minimum Gasteiger partial charge on any atom is -0.464 e. The van der Waals surface area contributed by atoms with Gasteiger partial charge in [-0.1, -0.05) is 6.07 Å². The number of ether oxygens (including phenoxy) is 1. The Labute approximate surface area is 199 Å². The number of thiazole rings is 1. The van der Waals surface area contributed by atoms with Gasteiger partial charge in [0.25, 0.3) is 11.8 Å². The highest BCUT2D eigenvalue weighted by Crippen LogP contribution is 2.28. The molecule has 1 atom stereocenters. The second-order valence-electron chi connectivity index (χ2n) is 8.10. The first-order valence-electron chi connectivity index (χ1n) is 10.9. The molecule has 2 aliphatic heterocycles. The van der Waals surface area contributed by atoms with Crippen LogP contribution in [0.4, 0.5) is 4.39 Å². The van der Waals surface area contributed by atoms with Crippen molar-refractivity contribution in [3.63, 3.8) is 0 Å². The third kappa shape index (κ3) is 4.32. The minimum atomic E-state index is -0.371. The Balaban J connectivity index is 1.29. The van der Waals surface area contributed by atoms with Crippen molar-refractivity contribution < 1.29 is 23.1 Å². The van der Waals surface area contributed by atoms with Crippen LogP contribution in [0.25, 0.3) is 22.6 Å². The van der Waals surface area contributed by atoms with Crippen LogP contribution in [-0.4, -0.2) is 54.0 Å². The monoisotopic (exact) mass is 479 g/mol. The molecule has 0 radical (unpaired) electrons. The molecule has 2 aromatic rings. The van der Waals surface area contributed by atoms with E-state index in [1.165, 1.54) is 17.4 Å². The molecule has 1 aromatic heterocycles. The molecule has 1 N–H and O–H groups in total. The SMILES string of the molecule is Cc1ccc(-c2csc(C(=O)N3CCOC[C@@H]3CNC(=O)c3ccc4occcc3-4)n2)c(F)c1. The molecule has 0 saturated carbocycles. The first-order chi connectivity index (χ1) is 16.5. The van der Waals surface area contributed by atoms with Gasteiger partial charge in [0.1, 0.15) is 11.6 Å². The summed E-state index contributed by atoms with van der Waals surface area (Å²) in [5.74, 6) is -0.247. The van der Waals surface area contributed by atoms with Gasteiger partial charge in [-0.05, 0) is 48.9 Å². The van der Waals surface area contributed by atoms with Crippen LogP contribution in [-0.2, 0) is 4.74 Å². The van der Waals surface area contributed by atoms with Crippen LogP contribution in [0.3, 0.4) is 0 Å². The molecule has 7 nitrogen and oxygen atoms in total. The van der Waals surface area contributed by atoms with Crippen LogP contribution in [0, 0.1) is 12.7 Å². The molecule has 1 fully saturated rings. The smallest absolute Gasteiger partial charge is 0.283 e. The number of nitrogens with one attached hydrogen (secondary N) is 1. The van der Waals surface area contributed by atoms with Crippen molar-refractivity contribution in [3.8, 4) is 22.6 Å². The highest BCUT2D eigenvalue weighted by atomic mass is 32.1. The van der Waals surface area contributed by atoms with Gasteiger partial charge in [-0.25, -0.2) is 9.37 Å². The third-order valence-electron chi connectivity index (χ3n) is 5.81. The van der Waals surface area contributed by atoms with E-state index in [4.69, 9.17) is 9.15 Å². The predicted molar refractivity (Wildman–Crippen MR) is 126 cm³/mol. The van der Waals surface area contributed by atoms with E-state index in [9.17, 15) is 14.0 Å². The van der Waals surface area contributed by atoms with Crippen LogP contribution in [0.5, 0.6) is 0 Å². The molecule has 3 heterocycles. The number of carbonyl (C=O) groups is 2. The summed E-state index contributed by atoms with van der Waals surface area (Å²) in [5.41, 5.74) is 2.85. The lowest BCUT2D eigenvalue weighted by molar-refractivity contribution is -0.00130. The van der Waals surface area contributed by atoms with Crippen LogP contribution >= 0.6 is 11.3 Å². The van der Waals surface area contributed by atoms with E-state index in [-0.39, 0.29) is 35.2 Å². The van der Waals surface area contributed by atoms with Gasteiger partial charge in [-0.3, -0.25) is 9.59 Å². The third-order valence-corrected chi connectivity index (χ3v) is 6.64. The van der Waals surface area contributed by atoms with Gasteiger partial charge in [0.15, 0.2) is 5.01 Å². The van der Waals surface area contributed by atoms with Crippen LogP contribution in [0.2, 0.25) is 0 Å². The van der Waals surface area contributed by atoms with Crippen LogP contribution in [0.1, 0.15) is 25.7 Å². The standard InChI is InChI=1S/C25H22FN3O4S/c1-15-4-5-19(20(26)11-15)21-14-34-24(28-21)25(31)29-8-10-32-13-16(29)12-27-23(30)18-6-7-22-17(18)3-2-9-33-22/h2-7,9,11,14,16H,8,10,12-13H2,1H3,(H,27,30)/t16-/m0/s1. The average Bonchev–Trinajstić information content (AvgIpc) is 3.50. The lowest BCUT2D eigenvalue weighted by atomic mass is 10.1. The number of rotatable bonds is 5. The minimum absolute atomic E-state index is 0.228. The maximum absolute atomic E-state index is 14.4. The fraction of sp³-hybridized carbons (Fsp3) is 0.240. The Morgan fingerprint density at radius 3 is 2.97 bits per heavy atom. The first kappa shape index (κ1) is 22.2. The van der Waals surface area contributed by atoms with E-state index in [0.717, 1.165) is 11.1 Å². The molecule has 174 valence electrons. The van der Waals surface area contributed by atoms with Crippen LogP contribution < -0.4 is 5.32 Å². The summed E-state index contributed by atoms with van der Waals surface area (Å²) in [6.07, 6.45) is 1.56. The van der Waals surface area contributed by atoms with Gasteiger partial charge in [-0.15, -0.1) is 11.3 Å². The fourth-order valence-corrected chi connectivity index (χ4v) is 4.81. The van der Waals surface area contributed by atoms with Crippen molar-refractivity contribution in [2.45, 2.75) is 13.0 Å². The number of amides is 2. The molecule has 1 saturated heterocycles. The summed E-state index contributed by atoms with van der Waals surface area (Å²) >= 11 is 1.18. The molecule has 1 aliphatic carbocycles. The number of fused-ring (bicyclic) bond motifs is 1. The van der Waals surface area contributed by atoms with Crippen molar-refractivity contribution in [2.24, 2.45) is 0 Å². The summed E-state index contributed by atoms with van der Waals surface area (Å²) in [6.45, 7) is 3.12. The van der Waals surface area contributed by atoms with E-state index in [1.807, 2.05) is 19.1 Å². The number of hydrogen-bond acceptors (Lipinski definition) is 6. The molecule has 3 aliphatic rings. The summed E-state index contributed by atoms with van der Waals surface area (Å²) in [4.78, 5) is 32.1. The Bertz CT molecular complexity index is 1320. The summed E-state index contributed by atoms with van der Waals surface area (Å²) in [6, 6.07) is 11.6. The number of aromatic nitrogens is 1. The molecule has 0 unspecified atom stereocenters. The van der Waals surface area contributed by atoms with Gasteiger partial charge < -0.3 is 19.4 Å². The number of aryl methyl sites for hydroxylation is 1. The first-order valence-corrected chi connectivity index (χ1v) is 11.7. The number of carbonyl (C=O) groups excluding carboxylic acids is 2. The number of halogens is 1. The van der Waals surface area contributed by atoms with Crippen molar-refractivity contribution >= 4 is 23.2 Å². The van der Waals surface area contributed by atoms with E-state index >= 15 is 0 Å². The molecule has 0 spiro atoms. The highest BCUT2D eigenvalue weighted by Gasteiger charge is 2.31. The summed E-state index contributed by atoms with van der Waals surface area (Å²) in [5, 5.41) is 4.87. The highest BCUT2D eigenvalue weighted by molar-refractivity contribution is 7.12. The Hall–Kier alpha value is -3.56. The number of nitrogens with zero attached hydrogens (tertiary/aromatic N) is 2. The topological polar surface area (TPSA) is 84.7 Å². The van der Waals surface area contributed by atoms with E-state index < -0.39 is 0 Å². The lowest BCUT2D eigenvalue weighted by Crippen LogP contribution is -2.53. The van der Waals surface area contributed by atoms with Crippen molar-refractivity contribution in [3.05, 3.63) is 76.1 Å². The molecule has 1 aromatic carbocycles. The summed E-state index contributed by atoms with van der Waals surface area (Å²) < 4.78 is 25.3. The molecular weight excluding hydrogens is 457 g/mol. The normalized spacial score (nSPS) is 16.1. The van der Waals surface area contributed by atoms with Gasteiger partial charge in [-0.2, -0.15) is 0 Å². The maximum atomic E-state index is 14.4. The van der Waals surface area contributed by atoms with Gasteiger partial charge >= 0.3 is 0 Å².